The van der Waals surface area contributed by atoms with E-state index in [9.17, 15) is 4.55 Å². The van der Waals surface area contributed by atoms with Crippen molar-refractivity contribution in [2.75, 3.05) is 0 Å². The standard InChI is InChI=1S/C13H20NOS/c1-10-12-8-6-5-7-11(12)9-14(10)16(15)13(2,3)4/h5-8,10,15H,9H2,1-4H3/q+1/t10-,16?/m0/s1. The predicted octanol–water partition coefficient (Wildman–Crippen LogP) is 3.37. The van der Waals surface area contributed by atoms with Crippen LogP contribution in [0.25, 0.3) is 0 Å². The summed E-state index contributed by atoms with van der Waals surface area (Å²) in [6.45, 7) is 9.31. The molecule has 1 aliphatic heterocycles. The Labute approximate surface area is 101 Å². The van der Waals surface area contributed by atoms with E-state index in [1.54, 1.807) is 0 Å². The lowest BCUT2D eigenvalue weighted by molar-refractivity contribution is 0.363. The summed E-state index contributed by atoms with van der Waals surface area (Å²) in [6.07, 6.45) is 0. The lowest BCUT2D eigenvalue weighted by Crippen LogP contribution is -2.41. The lowest BCUT2D eigenvalue weighted by atomic mass is 10.1. The highest BCUT2D eigenvalue weighted by molar-refractivity contribution is 7.90. The summed E-state index contributed by atoms with van der Waals surface area (Å²) in [5.74, 6) is 0. The third-order valence-corrected chi connectivity index (χ3v) is 5.02. The maximum Gasteiger partial charge on any atom is 0.243 e. The molecule has 0 radical (unpaired) electrons. The van der Waals surface area contributed by atoms with E-state index < -0.39 is 11.4 Å². The van der Waals surface area contributed by atoms with Gasteiger partial charge in [0.25, 0.3) is 0 Å². The number of fused-ring (bicyclic) bond motifs is 1. The van der Waals surface area contributed by atoms with Gasteiger partial charge < -0.3 is 0 Å². The molecule has 0 fully saturated rings. The van der Waals surface area contributed by atoms with Gasteiger partial charge in [-0.2, -0.15) is 4.55 Å². The molecule has 2 rings (SSSR count). The predicted molar refractivity (Wildman–Crippen MR) is 70.1 cm³/mol. The molecule has 1 heterocycles. The van der Waals surface area contributed by atoms with Crippen LogP contribution in [0.15, 0.2) is 24.3 Å². The van der Waals surface area contributed by atoms with Crippen molar-refractivity contribution in [2.45, 2.75) is 45.0 Å². The van der Waals surface area contributed by atoms with Gasteiger partial charge in [0.1, 0.15) is 0 Å². The molecule has 3 heteroatoms. The van der Waals surface area contributed by atoms with Crippen LogP contribution in [0.4, 0.5) is 0 Å². The van der Waals surface area contributed by atoms with Crippen molar-refractivity contribution in [3.05, 3.63) is 35.4 Å². The molecular weight excluding hydrogens is 218 g/mol. The Balaban J connectivity index is 2.25. The SMILES string of the molecule is C[C@H]1c2ccccc2CN1[S+](O)C(C)(C)C. The van der Waals surface area contributed by atoms with E-state index in [2.05, 4.69) is 56.3 Å². The summed E-state index contributed by atoms with van der Waals surface area (Å²) >= 11 is -0.686. The zero-order valence-corrected chi connectivity index (χ0v) is 11.2. The summed E-state index contributed by atoms with van der Waals surface area (Å²) in [5, 5.41) is 0. The fourth-order valence-corrected chi connectivity index (χ4v) is 3.49. The van der Waals surface area contributed by atoms with Gasteiger partial charge in [0.05, 0.1) is 12.6 Å². The first-order valence-electron chi connectivity index (χ1n) is 5.69. The minimum Gasteiger partial charge on any atom is -0.166 e. The first-order valence-corrected chi connectivity index (χ1v) is 6.83. The molecule has 0 saturated heterocycles. The highest BCUT2D eigenvalue weighted by Crippen LogP contribution is 2.38. The van der Waals surface area contributed by atoms with E-state index in [4.69, 9.17) is 0 Å². The van der Waals surface area contributed by atoms with Gasteiger partial charge in [-0.1, -0.05) is 28.6 Å². The number of rotatable bonds is 1. The van der Waals surface area contributed by atoms with E-state index in [1.165, 1.54) is 11.1 Å². The molecular formula is C13H20NOS+. The zero-order chi connectivity index (χ0) is 11.9. The van der Waals surface area contributed by atoms with Gasteiger partial charge in [-0.15, -0.1) is 0 Å². The molecule has 16 heavy (non-hydrogen) atoms. The van der Waals surface area contributed by atoms with Crippen LogP contribution in [-0.2, 0) is 17.9 Å². The number of hydrogen-bond donors (Lipinski definition) is 1. The van der Waals surface area contributed by atoms with E-state index in [0.717, 1.165) is 6.54 Å². The minimum absolute atomic E-state index is 0.0731. The molecule has 1 aromatic rings. The molecule has 1 aromatic carbocycles. The highest BCUT2D eigenvalue weighted by Gasteiger charge is 2.46. The summed E-state index contributed by atoms with van der Waals surface area (Å²) in [6, 6.07) is 8.79. The molecule has 2 nitrogen and oxygen atoms in total. The van der Waals surface area contributed by atoms with Gasteiger partial charge in [0.15, 0.2) is 4.75 Å². The maximum atomic E-state index is 10.4. The van der Waals surface area contributed by atoms with Crippen molar-refractivity contribution < 1.29 is 4.55 Å². The molecule has 1 aliphatic rings. The Bertz CT molecular complexity index is 386. The molecule has 1 unspecified atom stereocenters. The van der Waals surface area contributed by atoms with Crippen LogP contribution >= 0.6 is 0 Å². The van der Waals surface area contributed by atoms with Gasteiger partial charge in [-0.05, 0) is 38.8 Å². The van der Waals surface area contributed by atoms with Crippen LogP contribution in [0, 0.1) is 0 Å². The second-order valence-corrected chi connectivity index (χ2v) is 7.55. The molecule has 88 valence electrons. The summed E-state index contributed by atoms with van der Waals surface area (Å²) in [5.41, 5.74) is 2.71. The zero-order valence-electron chi connectivity index (χ0n) is 10.4. The van der Waals surface area contributed by atoms with Crippen molar-refractivity contribution in [2.24, 2.45) is 0 Å². The van der Waals surface area contributed by atoms with Crippen LogP contribution in [0.1, 0.15) is 44.9 Å². The molecule has 0 aliphatic carbocycles. The van der Waals surface area contributed by atoms with E-state index in [1.807, 2.05) is 0 Å². The molecule has 0 saturated carbocycles. The molecule has 1 N–H and O–H groups in total. The van der Waals surface area contributed by atoms with E-state index >= 15 is 0 Å². The Morgan fingerprint density at radius 3 is 2.50 bits per heavy atom. The smallest absolute Gasteiger partial charge is 0.166 e. The van der Waals surface area contributed by atoms with Crippen molar-refractivity contribution in [1.82, 2.24) is 4.31 Å². The largest absolute Gasteiger partial charge is 0.243 e. The van der Waals surface area contributed by atoms with Crippen LogP contribution in [-0.4, -0.2) is 13.6 Å². The maximum absolute atomic E-state index is 10.4. The van der Waals surface area contributed by atoms with Crippen molar-refractivity contribution in [1.29, 1.82) is 0 Å². The number of benzene rings is 1. The molecule has 0 bridgehead atoms. The Morgan fingerprint density at radius 1 is 1.31 bits per heavy atom. The number of hydrogen-bond acceptors (Lipinski definition) is 2. The van der Waals surface area contributed by atoms with Crippen LogP contribution in [0.3, 0.4) is 0 Å². The van der Waals surface area contributed by atoms with Gasteiger partial charge in [0.2, 0.25) is 11.4 Å². The molecule has 0 amide bonds. The van der Waals surface area contributed by atoms with Gasteiger partial charge in [-0.3, -0.25) is 0 Å². The first kappa shape index (κ1) is 12.0. The average Bonchev–Trinajstić information content (AvgIpc) is 2.54. The Kier molecular flexibility index (Phi) is 3.03. The normalized spacial score (nSPS) is 23.2. The monoisotopic (exact) mass is 238 g/mol. The van der Waals surface area contributed by atoms with Gasteiger partial charge in [0, 0.05) is 0 Å². The topological polar surface area (TPSA) is 23.5 Å². The molecule has 0 spiro atoms. The Morgan fingerprint density at radius 2 is 1.94 bits per heavy atom. The summed E-state index contributed by atoms with van der Waals surface area (Å²) in [7, 11) is 0. The van der Waals surface area contributed by atoms with Crippen LogP contribution < -0.4 is 0 Å². The van der Waals surface area contributed by atoms with Crippen molar-refractivity contribution >= 4 is 11.4 Å². The molecule has 0 aromatic heterocycles. The van der Waals surface area contributed by atoms with Crippen molar-refractivity contribution in [3.8, 4) is 0 Å². The van der Waals surface area contributed by atoms with E-state index in [-0.39, 0.29) is 4.75 Å². The summed E-state index contributed by atoms with van der Waals surface area (Å²) in [4.78, 5) is 0. The van der Waals surface area contributed by atoms with Gasteiger partial charge >= 0.3 is 0 Å². The third kappa shape index (κ3) is 1.99. The number of nitrogens with zero attached hydrogens (tertiary/aromatic N) is 1. The second kappa shape index (κ2) is 4.06. The summed E-state index contributed by atoms with van der Waals surface area (Å²) < 4.78 is 12.5. The Hall–Kier alpha value is -0.510. The lowest BCUT2D eigenvalue weighted by Gasteiger charge is -2.23. The van der Waals surface area contributed by atoms with Gasteiger partial charge in [-0.25, -0.2) is 0 Å². The average molecular weight is 238 g/mol. The van der Waals surface area contributed by atoms with Crippen molar-refractivity contribution in [3.63, 3.8) is 0 Å². The van der Waals surface area contributed by atoms with Crippen LogP contribution in [0.5, 0.6) is 0 Å². The third-order valence-electron chi connectivity index (χ3n) is 3.03. The fraction of sp³-hybridized carbons (Fsp3) is 0.538. The minimum atomic E-state index is -0.686. The first-order chi connectivity index (χ1) is 7.41. The fourth-order valence-electron chi connectivity index (χ4n) is 2.11. The second-order valence-electron chi connectivity index (χ2n) is 5.33. The molecule has 2 atom stereocenters. The quantitative estimate of drug-likeness (QED) is 0.758. The van der Waals surface area contributed by atoms with E-state index in [0.29, 0.717) is 6.04 Å². The van der Waals surface area contributed by atoms with Crippen LogP contribution in [0.2, 0.25) is 0 Å². The highest BCUT2D eigenvalue weighted by atomic mass is 32.2.